The van der Waals surface area contributed by atoms with Gasteiger partial charge in [0.1, 0.15) is 0 Å². The van der Waals surface area contributed by atoms with Crippen LogP contribution in [0.2, 0.25) is 0 Å². The lowest BCUT2D eigenvalue weighted by atomic mass is 10.0. The van der Waals surface area contributed by atoms with Crippen molar-refractivity contribution in [3.8, 4) is 0 Å². The van der Waals surface area contributed by atoms with Crippen LogP contribution >= 0.6 is 12.4 Å². The van der Waals surface area contributed by atoms with Gasteiger partial charge in [-0.25, -0.2) is 0 Å². The maximum atomic E-state index is 4.05. The Morgan fingerprint density at radius 2 is 1.83 bits per heavy atom. The third kappa shape index (κ3) is 2.46. The molecule has 1 aromatic carbocycles. The Balaban J connectivity index is 0.00000120. The lowest BCUT2D eigenvalue weighted by Gasteiger charge is -2.03. The number of halogens is 1. The molecule has 0 spiro atoms. The molecule has 0 radical (unpaired) electrons. The van der Waals surface area contributed by atoms with Crippen molar-refractivity contribution in [1.82, 2.24) is 4.98 Å². The van der Waals surface area contributed by atoms with Gasteiger partial charge < -0.3 is 0 Å². The summed E-state index contributed by atoms with van der Waals surface area (Å²) in [6.07, 6.45) is 8.30. The van der Waals surface area contributed by atoms with Crippen molar-refractivity contribution in [1.29, 1.82) is 0 Å². The highest BCUT2D eigenvalue weighted by Gasteiger charge is 2.15. The van der Waals surface area contributed by atoms with Gasteiger partial charge in [0, 0.05) is 12.4 Å². The predicted molar refractivity (Wildman–Crippen MR) is 78.9 cm³/mol. The van der Waals surface area contributed by atoms with Crippen LogP contribution in [0, 0.1) is 6.92 Å². The number of rotatable bonds is 1. The van der Waals surface area contributed by atoms with E-state index in [9.17, 15) is 0 Å². The fourth-order valence-electron chi connectivity index (χ4n) is 2.42. The van der Waals surface area contributed by atoms with Crippen LogP contribution in [0.25, 0.3) is 11.6 Å². The molecule has 0 bridgehead atoms. The van der Waals surface area contributed by atoms with Gasteiger partial charge in [0.15, 0.2) is 0 Å². The monoisotopic (exact) mass is 257 g/mol. The summed E-state index contributed by atoms with van der Waals surface area (Å²) in [5.41, 5.74) is 6.95. The second-order valence-electron chi connectivity index (χ2n) is 4.61. The van der Waals surface area contributed by atoms with Gasteiger partial charge in [-0.15, -0.1) is 12.4 Å². The molecule has 0 amide bonds. The van der Waals surface area contributed by atoms with Crippen molar-refractivity contribution >= 4 is 24.1 Å². The van der Waals surface area contributed by atoms with Crippen molar-refractivity contribution in [2.24, 2.45) is 0 Å². The molecular formula is C16H16ClN. The summed E-state index contributed by atoms with van der Waals surface area (Å²) in [4.78, 5) is 4.05. The van der Waals surface area contributed by atoms with Crippen molar-refractivity contribution in [3.63, 3.8) is 0 Å². The third-order valence-electron chi connectivity index (χ3n) is 3.32. The second-order valence-corrected chi connectivity index (χ2v) is 4.61. The van der Waals surface area contributed by atoms with Crippen molar-refractivity contribution in [3.05, 3.63) is 65.0 Å². The van der Waals surface area contributed by atoms with Crippen molar-refractivity contribution in [2.45, 2.75) is 19.8 Å². The van der Waals surface area contributed by atoms with Crippen LogP contribution in [0.5, 0.6) is 0 Å². The van der Waals surface area contributed by atoms with E-state index < -0.39 is 0 Å². The first-order chi connectivity index (χ1) is 8.33. The Morgan fingerprint density at radius 1 is 1.06 bits per heavy atom. The summed E-state index contributed by atoms with van der Waals surface area (Å²) in [7, 11) is 0. The lowest BCUT2D eigenvalue weighted by molar-refractivity contribution is 1.08. The molecule has 18 heavy (non-hydrogen) atoms. The van der Waals surface area contributed by atoms with Gasteiger partial charge >= 0.3 is 0 Å². The number of allylic oxidation sites excluding steroid dienone is 1. The largest absolute Gasteiger partial charge is 0.265 e. The van der Waals surface area contributed by atoms with Gasteiger partial charge in [-0.05, 0) is 54.2 Å². The summed E-state index contributed by atoms with van der Waals surface area (Å²) in [5, 5.41) is 0. The van der Waals surface area contributed by atoms with Crippen molar-refractivity contribution < 1.29 is 0 Å². The second kappa shape index (κ2) is 5.36. The number of aryl methyl sites for hydroxylation is 2. The summed E-state index contributed by atoms with van der Waals surface area (Å²) in [6.45, 7) is 2.16. The Hall–Kier alpha value is -1.60. The summed E-state index contributed by atoms with van der Waals surface area (Å²) in [5.74, 6) is 0. The fourth-order valence-corrected chi connectivity index (χ4v) is 2.42. The average Bonchev–Trinajstić information content (AvgIpc) is 2.73. The normalized spacial score (nSPS) is 15.3. The molecule has 2 heteroatoms. The Morgan fingerprint density at radius 3 is 2.61 bits per heavy atom. The number of aromatic nitrogens is 1. The summed E-state index contributed by atoms with van der Waals surface area (Å²) < 4.78 is 0. The van der Waals surface area contributed by atoms with E-state index in [-0.39, 0.29) is 12.4 Å². The minimum Gasteiger partial charge on any atom is -0.265 e. The van der Waals surface area contributed by atoms with Crippen LogP contribution < -0.4 is 0 Å². The maximum Gasteiger partial charge on any atom is 0.0273 e. The Bertz CT molecular complexity index is 573. The van der Waals surface area contributed by atoms with Crippen molar-refractivity contribution in [2.75, 3.05) is 0 Å². The molecule has 0 saturated carbocycles. The van der Waals surface area contributed by atoms with Gasteiger partial charge in [0.05, 0.1) is 0 Å². The number of nitrogens with zero attached hydrogens (tertiary/aromatic N) is 1. The highest BCUT2D eigenvalue weighted by molar-refractivity contribution is 5.85. The predicted octanol–water partition coefficient (Wildman–Crippen LogP) is 4.30. The lowest BCUT2D eigenvalue weighted by Crippen LogP contribution is -1.83. The SMILES string of the molecule is Cc1ccc2c(c1)/C(=C\c1ccncc1)CC2.Cl. The summed E-state index contributed by atoms with van der Waals surface area (Å²) in [6, 6.07) is 10.9. The molecule has 0 atom stereocenters. The standard InChI is InChI=1S/C16H15N.ClH/c1-12-2-3-14-4-5-15(16(14)10-12)11-13-6-8-17-9-7-13;/h2-3,6-11H,4-5H2,1H3;1H/b15-11-;. The summed E-state index contributed by atoms with van der Waals surface area (Å²) >= 11 is 0. The number of fused-ring (bicyclic) bond motifs is 1. The maximum absolute atomic E-state index is 4.05. The molecule has 3 rings (SSSR count). The topological polar surface area (TPSA) is 12.9 Å². The molecule has 1 nitrogen and oxygen atoms in total. The molecule has 0 unspecified atom stereocenters. The average molecular weight is 258 g/mol. The molecule has 0 aliphatic heterocycles. The number of hydrogen-bond donors (Lipinski definition) is 0. The first kappa shape index (κ1) is 12.8. The minimum absolute atomic E-state index is 0. The van der Waals surface area contributed by atoms with Gasteiger partial charge in [0.25, 0.3) is 0 Å². The molecule has 1 aliphatic carbocycles. The first-order valence-electron chi connectivity index (χ1n) is 6.03. The Labute approximate surface area is 114 Å². The zero-order valence-corrected chi connectivity index (χ0v) is 11.2. The van der Waals surface area contributed by atoms with E-state index in [1.165, 1.54) is 34.2 Å². The van der Waals surface area contributed by atoms with E-state index in [1.807, 2.05) is 12.4 Å². The number of pyridine rings is 1. The zero-order chi connectivity index (χ0) is 11.7. The molecule has 1 aliphatic rings. The molecule has 0 fully saturated rings. The smallest absolute Gasteiger partial charge is 0.0273 e. The minimum atomic E-state index is 0. The number of hydrogen-bond acceptors (Lipinski definition) is 1. The van der Waals surface area contributed by atoms with E-state index in [0.29, 0.717) is 0 Å². The highest BCUT2D eigenvalue weighted by Crippen LogP contribution is 2.34. The fraction of sp³-hybridized carbons (Fsp3) is 0.188. The van der Waals surface area contributed by atoms with Crippen LogP contribution in [-0.4, -0.2) is 4.98 Å². The molecule has 1 heterocycles. The molecule has 0 N–H and O–H groups in total. The van der Waals surface area contributed by atoms with Gasteiger partial charge in [-0.1, -0.05) is 29.8 Å². The van der Waals surface area contributed by atoms with Crippen LogP contribution in [0.3, 0.4) is 0 Å². The third-order valence-corrected chi connectivity index (χ3v) is 3.32. The van der Waals surface area contributed by atoms with Crippen LogP contribution in [0.15, 0.2) is 42.7 Å². The highest BCUT2D eigenvalue weighted by atomic mass is 35.5. The van der Waals surface area contributed by atoms with E-state index in [2.05, 4.69) is 48.3 Å². The molecule has 2 aromatic rings. The zero-order valence-electron chi connectivity index (χ0n) is 10.4. The van der Waals surface area contributed by atoms with Gasteiger partial charge in [-0.3, -0.25) is 4.98 Å². The van der Waals surface area contributed by atoms with Gasteiger partial charge in [0.2, 0.25) is 0 Å². The van der Waals surface area contributed by atoms with E-state index in [1.54, 1.807) is 0 Å². The molecule has 1 aromatic heterocycles. The first-order valence-corrected chi connectivity index (χ1v) is 6.03. The van der Waals surface area contributed by atoms with Crippen LogP contribution in [-0.2, 0) is 6.42 Å². The Kier molecular flexibility index (Phi) is 3.83. The molecular weight excluding hydrogens is 242 g/mol. The van der Waals surface area contributed by atoms with E-state index in [0.717, 1.165) is 6.42 Å². The van der Waals surface area contributed by atoms with Crippen LogP contribution in [0.4, 0.5) is 0 Å². The molecule has 0 saturated heterocycles. The van der Waals surface area contributed by atoms with Gasteiger partial charge in [-0.2, -0.15) is 0 Å². The quantitative estimate of drug-likeness (QED) is 0.742. The molecule has 92 valence electrons. The van der Waals surface area contributed by atoms with E-state index >= 15 is 0 Å². The van der Waals surface area contributed by atoms with E-state index in [4.69, 9.17) is 0 Å². The van der Waals surface area contributed by atoms with Crippen LogP contribution in [0.1, 0.15) is 28.7 Å². The number of benzene rings is 1.